The van der Waals surface area contributed by atoms with Crippen LogP contribution in [0.5, 0.6) is 11.5 Å². The highest BCUT2D eigenvalue weighted by atomic mass is 16.5. The number of para-hydroxylation sites is 3. The molecule has 0 fully saturated rings. The van der Waals surface area contributed by atoms with Crippen LogP contribution >= 0.6 is 0 Å². The molecule has 6 heteroatoms. The lowest BCUT2D eigenvalue weighted by Gasteiger charge is -2.11. The number of carbonyl (C=O) groups is 1. The van der Waals surface area contributed by atoms with Crippen molar-refractivity contribution in [2.75, 3.05) is 30.9 Å². The molecule has 0 unspecified atom stereocenters. The Morgan fingerprint density at radius 1 is 1.00 bits per heavy atom. The van der Waals surface area contributed by atoms with Crippen LogP contribution in [-0.2, 0) is 6.42 Å². The molecular weight excluding hydrogens is 366 g/mol. The minimum Gasteiger partial charge on any atom is -0.496 e. The summed E-state index contributed by atoms with van der Waals surface area (Å²) in [5.41, 5.74) is 2.96. The second-order valence-electron chi connectivity index (χ2n) is 6.30. The van der Waals surface area contributed by atoms with Gasteiger partial charge in [-0.05, 0) is 49.2 Å². The fourth-order valence-corrected chi connectivity index (χ4v) is 2.92. The number of carbonyl (C=O) groups excluding carboxylic acids is 1. The average Bonchev–Trinajstić information content (AvgIpc) is 2.76. The Labute approximate surface area is 170 Å². The maximum absolute atomic E-state index is 12.5. The summed E-state index contributed by atoms with van der Waals surface area (Å²) < 4.78 is 10.9. The molecule has 0 radical (unpaired) electrons. The normalized spacial score (nSPS) is 10.3. The zero-order valence-corrected chi connectivity index (χ0v) is 16.6. The Bertz CT molecular complexity index is 942. The summed E-state index contributed by atoms with van der Waals surface area (Å²) in [7, 11) is 1.67. The molecule has 29 heavy (non-hydrogen) atoms. The second kappa shape index (κ2) is 10.1. The fraction of sp³-hybridized carbons (Fsp3) is 0.217. The molecule has 0 bridgehead atoms. The van der Waals surface area contributed by atoms with Crippen LogP contribution in [0.25, 0.3) is 0 Å². The number of benzene rings is 2. The summed E-state index contributed by atoms with van der Waals surface area (Å²) in [5, 5.41) is 6.16. The van der Waals surface area contributed by atoms with Crippen molar-refractivity contribution in [3.8, 4) is 11.5 Å². The highest BCUT2D eigenvalue weighted by Gasteiger charge is 2.11. The van der Waals surface area contributed by atoms with Crippen molar-refractivity contribution in [3.63, 3.8) is 0 Å². The number of methoxy groups -OCH3 is 1. The zero-order chi connectivity index (χ0) is 20.5. The summed E-state index contributed by atoms with van der Waals surface area (Å²) >= 11 is 0. The standard InChI is InChI=1S/C23H25N3O3/c1-3-29-22-11-7-5-9-19(22)26-23(27)20-13-12-18(16-25-20)24-15-14-17-8-4-6-10-21(17)28-2/h4-13,16,24H,3,14-15H2,1-2H3,(H,26,27). The SMILES string of the molecule is CCOc1ccccc1NC(=O)c1ccc(NCCc2ccccc2OC)cn1. The van der Waals surface area contributed by atoms with E-state index in [1.807, 2.05) is 55.5 Å². The summed E-state index contributed by atoms with van der Waals surface area (Å²) in [6.45, 7) is 3.16. The van der Waals surface area contributed by atoms with Gasteiger partial charge in [0.25, 0.3) is 5.91 Å². The number of amides is 1. The molecule has 0 atom stereocenters. The van der Waals surface area contributed by atoms with Gasteiger partial charge in [-0.2, -0.15) is 0 Å². The summed E-state index contributed by atoms with van der Waals surface area (Å²) in [6.07, 6.45) is 2.48. The first kappa shape index (κ1) is 20.2. The lowest BCUT2D eigenvalue weighted by atomic mass is 10.1. The van der Waals surface area contributed by atoms with Gasteiger partial charge in [0, 0.05) is 6.54 Å². The molecule has 1 amide bonds. The molecular formula is C23H25N3O3. The van der Waals surface area contributed by atoms with Gasteiger partial charge in [0.1, 0.15) is 17.2 Å². The Kier molecular flexibility index (Phi) is 7.05. The van der Waals surface area contributed by atoms with Gasteiger partial charge in [0.2, 0.25) is 0 Å². The van der Waals surface area contributed by atoms with Gasteiger partial charge in [-0.25, -0.2) is 4.98 Å². The van der Waals surface area contributed by atoms with E-state index in [0.717, 1.165) is 30.0 Å². The van der Waals surface area contributed by atoms with Crippen molar-refractivity contribution < 1.29 is 14.3 Å². The van der Waals surface area contributed by atoms with E-state index >= 15 is 0 Å². The zero-order valence-electron chi connectivity index (χ0n) is 16.6. The summed E-state index contributed by atoms with van der Waals surface area (Å²) in [6, 6.07) is 18.8. The average molecular weight is 391 g/mol. The van der Waals surface area contributed by atoms with E-state index < -0.39 is 0 Å². The molecule has 0 saturated heterocycles. The molecule has 3 aromatic rings. The highest BCUT2D eigenvalue weighted by molar-refractivity contribution is 6.03. The van der Waals surface area contributed by atoms with Crippen molar-refractivity contribution in [1.29, 1.82) is 0 Å². The predicted molar refractivity (Wildman–Crippen MR) is 115 cm³/mol. The molecule has 150 valence electrons. The molecule has 3 rings (SSSR count). The van der Waals surface area contributed by atoms with E-state index in [1.165, 1.54) is 0 Å². The third-order valence-electron chi connectivity index (χ3n) is 4.35. The Balaban J connectivity index is 1.56. The van der Waals surface area contributed by atoms with E-state index in [4.69, 9.17) is 9.47 Å². The monoisotopic (exact) mass is 391 g/mol. The smallest absolute Gasteiger partial charge is 0.274 e. The van der Waals surface area contributed by atoms with Crippen molar-refractivity contribution >= 4 is 17.3 Å². The van der Waals surface area contributed by atoms with E-state index in [9.17, 15) is 4.79 Å². The molecule has 0 aliphatic carbocycles. The number of hydrogen-bond acceptors (Lipinski definition) is 5. The largest absolute Gasteiger partial charge is 0.496 e. The van der Waals surface area contributed by atoms with Crippen molar-refractivity contribution in [3.05, 3.63) is 78.1 Å². The van der Waals surface area contributed by atoms with Crippen LogP contribution in [0.2, 0.25) is 0 Å². The Morgan fingerprint density at radius 2 is 1.76 bits per heavy atom. The predicted octanol–water partition coefficient (Wildman–Crippen LogP) is 4.40. The topological polar surface area (TPSA) is 72.5 Å². The molecule has 0 aliphatic heterocycles. The molecule has 0 saturated carbocycles. The lowest BCUT2D eigenvalue weighted by molar-refractivity contribution is 0.102. The Hall–Kier alpha value is -3.54. The Morgan fingerprint density at radius 3 is 2.48 bits per heavy atom. The van der Waals surface area contributed by atoms with Gasteiger partial charge in [-0.15, -0.1) is 0 Å². The van der Waals surface area contributed by atoms with E-state index in [1.54, 1.807) is 25.4 Å². The molecule has 2 aromatic carbocycles. The van der Waals surface area contributed by atoms with Crippen LogP contribution in [0.3, 0.4) is 0 Å². The van der Waals surface area contributed by atoms with Crippen LogP contribution < -0.4 is 20.1 Å². The van der Waals surface area contributed by atoms with E-state index in [2.05, 4.69) is 15.6 Å². The van der Waals surface area contributed by atoms with Crippen LogP contribution in [-0.4, -0.2) is 31.2 Å². The molecule has 2 N–H and O–H groups in total. The third kappa shape index (κ3) is 5.48. The van der Waals surface area contributed by atoms with Crippen LogP contribution in [0.1, 0.15) is 23.0 Å². The number of aromatic nitrogens is 1. The first-order valence-corrected chi connectivity index (χ1v) is 9.56. The highest BCUT2D eigenvalue weighted by Crippen LogP contribution is 2.24. The molecule has 1 aromatic heterocycles. The number of ether oxygens (including phenoxy) is 2. The summed E-state index contributed by atoms with van der Waals surface area (Å²) in [5.74, 6) is 1.24. The maximum Gasteiger partial charge on any atom is 0.274 e. The first-order chi connectivity index (χ1) is 14.2. The van der Waals surface area contributed by atoms with Gasteiger partial charge in [-0.1, -0.05) is 30.3 Å². The third-order valence-corrected chi connectivity index (χ3v) is 4.35. The molecule has 1 heterocycles. The van der Waals surface area contributed by atoms with Gasteiger partial charge in [0.05, 0.1) is 31.3 Å². The summed E-state index contributed by atoms with van der Waals surface area (Å²) in [4.78, 5) is 16.8. The van der Waals surface area contributed by atoms with Gasteiger partial charge in [-0.3, -0.25) is 4.79 Å². The number of nitrogens with one attached hydrogen (secondary N) is 2. The number of hydrogen-bond donors (Lipinski definition) is 2. The van der Waals surface area contributed by atoms with Crippen molar-refractivity contribution in [2.24, 2.45) is 0 Å². The van der Waals surface area contributed by atoms with E-state index in [-0.39, 0.29) is 5.91 Å². The molecule has 0 aliphatic rings. The van der Waals surface area contributed by atoms with Crippen molar-refractivity contribution in [2.45, 2.75) is 13.3 Å². The molecule has 0 spiro atoms. The minimum atomic E-state index is -0.280. The molecule has 6 nitrogen and oxygen atoms in total. The van der Waals surface area contributed by atoms with Crippen LogP contribution in [0, 0.1) is 0 Å². The fourth-order valence-electron chi connectivity index (χ4n) is 2.92. The van der Waals surface area contributed by atoms with Crippen LogP contribution in [0.15, 0.2) is 66.9 Å². The van der Waals surface area contributed by atoms with Crippen molar-refractivity contribution in [1.82, 2.24) is 4.98 Å². The van der Waals surface area contributed by atoms with Gasteiger partial charge in [0.15, 0.2) is 0 Å². The van der Waals surface area contributed by atoms with E-state index in [0.29, 0.717) is 23.7 Å². The van der Waals surface area contributed by atoms with Gasteiger partial charge < -0.3 is 20.1 Å². The number of anilines is 2. The minimum absolute atomic E-state index is 0.280. The number of nitrogens with zero attached hydrogens (tertiary/aromatic N) is 1. The van der Waals surface area contributed by atoms with Gasteiger partial charge >= 0.3 is 0 Å². The lowest BCUT2D eigenvalue weighted by Crippen LogP contribution is -2.15. The number of rotatable bonds is 9. The second-order valence-corrected chi connectivity index (χ2v) is 6.30. The maximum atomic E-state index is 12.5. The van der Waals surface area contributed by atoms with Crippen LogP contribution in [0.4, 0.5) is 11.4 Å². The number of pyridine rings is 1. The quantitative estimate of drug-likeness (QED) is 0.566. The first-order valence-electron chi connectivity index (χ1n) is 9.56.